The molecule has 0 aliphatic carbocycles. The Morgan fingerprint density at radius 1 is 1.04 bits per heavy atom. The number of hydrogen-bond acceptors (Lipinski definition) is 3. The van der Waals surface area contributed by atoms with Crippen molar-refractivity contribution in [3.8, 4) is 0 Å². The number of thioether (sulfide) groups is 1. The van der Waals surface area contributed by atoms with Crippen molar-refractivity contribution in [2.45, 2.75) is 19.1 Å². The lowest BCUT2D eigenvalue weighted by Gasteiger charge is -2.13. The van der Waals surface area contributed by atoms with Crippen LogP contribution in [0.1, 0.15) is 12.5 Å². The Bertz CT molecular complexity index is 766. The van der Waals surface area contributed by atoms with Crippen molar-refractivity contribution < 1.29 is 18.4 Å². The summed E-state index contributed by atoms with van der Waals surface area (Å²) in [6.45, 7) is 3.39. The van der Waals surface area contributed by atoms with Crippen molar-refractivity contribution in [1.82, 2.24) is 0 Å². The first-order valence-corrected chi connectivity index (χ1v) is 8.64. The van der Waals surface area contributed by atoms with E-state index in [1.807, 2.05) is 0 Å². The van der Waals surface area contributed by atoms with Gasteiger partial charge in [0, 0.05) is 11.4 Å². The van der Waals surface area contributed by atoms with Gasteiger partial charge in [-0.25, -0.2) is 8.78 Å². The molecule has 2 amide bonds. The maximum atomic E-state index is 13.1. The minimum Gasteiger partial charge on any atom is -0.325 e. The Labute approximate surface area is 149 Å². The second-order valence-electron chi connectivity index (χ2n) is 5.46. The fourth-order valence-electron chi connectivity index (χ4n) is 2.01. The SMILES string of the molecule is Cc1cc(F)ccc1NC(=O)[C@@H](C)SCC(=O)Nc1ccc(F)cc1. The van der Waals surface area contributed by atoms with Gasteiger partial charge in [-0.3, -0.25) is 9.59 Å². The summed E-state index contributed by atoms with van der Waals surface area (Å²) in [5.74, 6) is -1.22. The normalized spacial score (nSPS) is 11.7. The van der Waals surface area contributed by atoms with Crippen LogP contribution in [0.15, 0.2) is 42.5 Å². The molecule has 0 saturated heterocycles. The smallest absolute Gasteiger partial charge is 0.237 e. The van der Waals surface area contributed by atoms with Gasteiger partial charge in [0.05, 0.1) is 11.0 Å². The molecule has 0 bridgehead atoms. The Hall–Kier alpha value is -2.41. The van der Waals surface area contributed by atoms with Crippen LogP contribution in [0, 0.1) is 18.6 Å². The van der Waals surface area contributed by atoms with Crippen LogP contribution in [0.2, 0.25) is 0 Å². The zero-order valence-corrected chi connectivity index (χ0v) is 14.6. The molecular weight excluding hydrogens is 346 g/mol. The van der Waals surface area contributed by atoms with Gasteiger partial charge in [0.15, 0.2) is 0 Å². The molecular formula is C18H18F2N2O2S. The molecule has 2 N–H and O–H groups in total. The summed E-state index contributed by atoms with van der Waals surface area (Å²) in [5.41, 5.74) is 1.65. The molecule has 0 saturated carbocycles. The molecule has 0 heterocycles. The number of aryl methyl sites for hydroxylation is 1. The molecule has 1 atom stereocenters. The predicted molar refractivity (Wildman–Crippen MR) is 96.7 cm³/mol. The summed E-state index contributed by atoms with van der Waals surface area (Å²) in [6, 6.07) is 9.55. The van der Waals surface area contributed by atoms with Crippen LogP contribution in [0.5, 0.6) is 0 Å². The van der Waals surface area contributed by atoms with Crippen molar-refractivity contribution in [2.75, 3.05) is 16.4 Å². The quantitative estimate of drug-likeness (QED) is 0.815. The van der Waals surface area contributed by atoms with E-state index in [0.29, 0.717) is 16.9 Å². The highest BCUT2D eigenvalue weighted by molar-refractivity contribution is 8.01. The van der Waals surface area contributed by atoms with Crippen LogP contribution in [-0.2, 0) is 9.59 Å². The number of amides is 2. The van der Waals surface area contributed by atoms with Gasteiger partial charge < -0.3 is 10.6 Å². The number of rotatable bonds is 6. The Morgan fingerprint density at radius 2 is 1.68 bits per heavy atom. The average Bonchev–Trinajstić information content (AvgIpc) is 2.57. The van der Waals surface area contributed by atoms with E-state index < -0.39 is 5.25 Å². The van der Waals surface area contributed by atoms with Crippen LogP contribution in [0.25, 0.3) is 0 Å². The molecule has 0 spiro atoms. The molecule has 132 valence electrons. The molecule has 4 nitrogen and oxygen atoms in total. The van der Waals surface area contributed by atoms with Gasteiger partial charge in [0.1, 0.15) is 11.6 Å². The Morgan fingerprint density at radius 3 is 2.32 bits per heavy atom. The maximum Gasteiger partial charge on any atom is 0.237 e. The van der Waals surface area contributed by atoms with Crippen LogP contribution in [0.3, 0.4) is 0 Å². The second kappa shape index (κ2) is 8.62. The number of halogens is 2. The first-order valence-electron chi connectivity index (χ1n) is 7.59. The van der Waals surface area contributed by atoms with E-state index >= 15 is 0 Å². The molecule has 25 heavy (non-hydrogen) atoms. The molecule has 2 rings (SSSR count). The fraction of sp³-hybridized carbons (Fsp3) is 0.222. The van der Waals surface area contributed by atoms with Crippen LogP contribution in [-0.4, -0.2) is 22.8 Å². The summed E-state index contributed by atoms with van der Waals surface area (Å²) in [7, 11) is 0. The predicted octanol–water partition coefficient (Wildman–Crippen LogP) is 3.97. The van der Waals surface area contributed by atoms with E-state index in [9.17, 15) is 18.4 Å². The molecule has 0 aliphatic rings. The maximum absolute atomic E-state index is 13.1. The zero-order chi connectivity index (χ0) is 18.4. The fourth-order valence-corrected chi connectivity index (χ4v) is 2.69. The largest absolute Gasteiger partial charge is 0.325 e. The molecule has 0 aliphatic heterocycles. The number of carbonyl (C=O) groups excluding carboxylic acids is 2. The van der Waals surface area contributed by atoms with Gasteiger partial charge >= 0.3 is 0 Å². The first kappa shape index (κ1) is 18.9. The van der Waals surface area contributed by atoms with E-state index in [1.54, 1.807) is 13.8 Å². The minimum absolute atomic E-state index is 0.0777. The lowest BCUT2D eigenvalue weighted by molar-refractivity contribution is -0.115. The number of hydrogen-bond donors (Lipinski definition) is 2. The number of anilines is 2. The lowest BCUT2D eigenvalue weighted by atomic mass is 10.2. The highest BCUT2D eigenvalue weighted by Gasteiger charge is 2.16. The third-order valence-electron chi connectivity index (χ3n) is 3.41. The number of benzene rings is 2. The van der Waals surface area contributed by atoms with Crippen molar-refractivity contribution >= 4 is 35.0 Å². The Kier molecular flexibility index (Phi) is 6.52. The summed E-state index contributed by atoms with van der Waals surface area (Å²) in [4.78, 5) is 24.0. The molecule has 2 aromatic rings. The van der Waals surface area contributed by atoms with E-state index in [1.165, 1.54) is 54.2 Å². The summed E-state index contributed by atoms with van der Waals surface area (Å²) in [5, 5.41) is 4.88. The van der Waals surface area contributed by atoms with Crippen molar-refractivity contribution in [1.29, 1.82) is 0 Å². The standard InChI is InChI=1S/C18H18F2N2O2S/c1-11-9-14(20)5-8-16(11)22-18(24)12(2)25-10-17(23)21-15-6-3-13(19)4-7-15/h3-9,12H,10H2,1-2H3,(H,21,23)(H,22,24)/t12-/m1/s1. The highest BCUT2D eigenvalue weighted by Crippen LogP contribution is 2.19. The van der Waals surface area contributed by atoms with Gasteiger partial charge in [-0.1, -0.05) is 0 Å². The van der Waals surface area contributed by atoms with E-state index in [0.717, 1.165) is 0 Å². The summed E-state index contributed by atoms with van der Waals surface area (Å²) < 4.78 is 25.9. The van der Waals surface area contributed by atoms with E-state index in [-0.39, 0.29) is 29.2 Å². The molecule has 0 radical (unpaired) electrons. The molecule has 0 unspecified atom stereocenters. The topological polar surface area (TPSA) is 58.2 Å². The molecule has 2 aromatic carbocycles. The van der Waals surface area contributed by atoms with Gasteiger partial charge in [0.25, 0.3) is 0 Å². The molecule has 0 fully saturated rings. The van der Waals surface area contributed by atoms with Crippen LogP contribution >= 0.6 is 11.8 Å². The van der Waals surface area contributed by atoms with Crippen LogP contribution < -0.4 is 10.6 Å². The monoisotopic (exact) mass is 364 g/mol. The number of nitrogens with one attached hydrogen (secondary N) is 2. The number of carbonyl (C=O) groups is 2. The second-order valence-corrected chi connectivity index (χ2v) is 6.79. The Balaban J connectivity index is 1.82. The van der Waals surface area contributed by atoms with Gasteiger partial charge in [-0.15, -0.1) is 11.8 Å². The summed E-state index contributed by atoms with van der Waals surface area (Å²) >= 11 is 1.17. The van der Waals surface area contributed by atoms with Crippen molar-refractivity contribution in [3.63, 3.8) is 0 Å². The highest BCUT2D eigenvalue weighted by atomic mass is 32.2. The zero-order valence-electron chi connectivity index (χ0n) is 13.8. The van der Waals surface area contributed by atoms with Crippen molar-refractivity contribution in [2.24, 2.45) is 0 Å². The first-order chi connectivity index (χ1) is 11.8. The van der Waals surface area contributed by atoms with E-state index in [4.69, 9.17) is 0 Å². The minimum atomic E-state index is -0.469. The third kappa shape index (κ3) is 5.86. The third-order valence-corrected chi connectivity index (χ3v) is 4.55. The average molecular weight is 364 g/mol. The lowest BCUT2D eigenvalue weighted by Crippen LogP contribution is -2.25. The van der Waals surface area contributed by atoms with Gasteiger partial charge in [-0.2, -0.15) is 0 Å². The molecule has 0 aromatic heterocycles. The summed E-state index contributed by atoms with van der Waals surface area (Å²) in [6.07, 6.45) is 0. The van der Waals surface area contributed by atoms with Gasteiger partial charge in [-0.05, 0) is 61.9 Å². The molecule has 7 heteroatoms. The van der Waals surface area contributed by atoms with Crippen molar-refractivity contribution in [3.05, 3.63) is 59.7 Å². The van der Waals surface area contributed by atoms with Gasteiger partial charge in [0.2, 0.25) is 11.8 Å². The van der Waals surface area contributed by atoms with E-state index in [2.05, 4.69) is 10.6 Å². The van der Waals surface area contributed by atoms with Crippen LogP contribution in [0.4, 0.5) is 20.2 Å².